The van der Waals surface area contributed by atoms with E-state index in [-0.39, 0.29) is 5.91 Å². The average Bonchev–Trinajstić information content (AvgIpc) is 2.91. The third-order valence-electron chi connectivity index (χ3n) is 3.43. The van der Waals surface area contributed by atoms with Gasteiger partial charge in [0.05, 0.1) is 5.69 Å². The van der Waals surface area contributed by atoms with E-state index in [4.69, 9.17) is 5.73 Å². The third-order valence-corrected chi connectivity index (χ3v) is 4.70. The Morgan fingerprint density at radius 2 is 2.00 bits per heavy atom. The highest BCUT2D eigenvalue weighted by atomic mass is 32.1. The van der Waals surface area contributed by atoms with Gasteiger partial charge in [0.1, 0.15) is 0 Å². The van der Waals surface area contributed by atoms with Crippen molar-refractivity contribution < 1.29 is 4.79 Å². The number of thiazole rings is 1. The Morgan fingerprint density at radius 1 is 1.32 bits per heavy atom. The Hall–Kier alpha value is -1.72. The smallest absolute Gasteiger partial charge is 0.227 e. The number of carbonyl (C=O) groups is 1. The maximum atomic E-state index is 11.7. The molecule has 0 aliphatic carbocycles. The van der Waals surface area contributed by atoms with Crippen LogP contribution in [0.2, 0.25) is 0 Å². The molecule has 0 aliphatic heterocycles. The van der Waals surface area contributed by atoms with Gasteiger partial charge in [0.2, 0.25) is 5.91 Å². The van der Waals surface area contributed by atoms with Gasteiger partial charge in [0.25, 0.3) is 0 Å². The summed E-state index contributed by atoms with van der Waals surface area (Å²) < 4.78 is 0. The van der Waals surface area contributed by atoms with Crippen molar-refractivity contribution in [2.45, 2.75) is 39.5 Å². The van der Waals surface area contributed by atoms with Gasteiger partial charge < -0.3 is 11.1 Å². The van der Waals surface area contributed by atoms with E-state index in [9.17, 15) is 4.79 Å². The molecule has 0 radical (unpaired) electrons. The van der Waals surface area contributed by atoms with Crippen LogP contribution in [0.25, 0.3) is 11.3 Å². The molecule has 0 unspecified atom stereocenters. The van der Waals surface area contributed by atoms with E-state index in [1.54, 1.807) is 11.3 Å². The molecule has 0 fully saturated rings. The number of hydrogen-bond acceptors (Lipinski definition) is 4. The fraction of sp³-hybridized carbons (Fsp3) is 0.412. The van der Waals surface area contributed by atoms with Gasteiger partial charge in [-0.15, -0.1) is 11.3 Å². The summed E-state index contributed by atoms with van der Waals surface area (Å²) in [4.78, 5) is 17.5. The van der Waals surface area contributed by atoms with Crippen molar-refractivity contribution in [3.8, 4) is 11.3 Å². The summed E-state index contributed by atoms with van der Waals surface area (Å²) >= 11 is 1.54. The van der Waals surface area contributed by atoms with Gasteiger partial charge in [-0.05, 0) is 17.9 Å². The van der Waals surface area contributed by atoms with E-state index < -0.39 is 0 Å². The zero-order valence-electron chi connectivity index (χ0n) is 13.3. The molecule has 22 heavy (non-hydrogen) atoms. The summed E-state index contributed by atoms with van der Waals surface area (Å²) in [6.07, 6.45) is 1.34. The third kappa shape index (κ3) is 3.93. The van der Waals surface area contributed by atoms with Gasteiger partial charge in [-0.1, -0.05) is 45.0 Å². The van der Waals surface area contributed by atoms with Crippen molar-refractivity contribution in [3.05, 3.63) is 34.7 Å². The molecule has 1 amide bonds. The van der Waals surface area contributed by atoms with Crippen molar-refractivity contribution in [3.63, 3.8) is 0 Å². The highest BCUT2D eigenvalue weighted by molar-refractivity contribution is 7.16. The molecule has 5 heteroatoms. The fourth-order valence-electron chi connectivity index (χ4n) is 2.19. The number of hydrogen-bond donors (Lipinski definition) is 2. The van der Waals surface area contributed by atoms with Crippen LogP contribution in [0.3, 0.4) is 0 Å². The largest absolute Gasteiger partial charge is 0.330 e. The Balaban J connectivity index is 2.32. The molecule has 0 saturated carbocycles. The van der Waals surface area contributed by atoms with E-state index in [2.05, 4.69) is 55.3 Å². The van der Waals surface area contributed by atoms with Gasteiger partial charge in [0.15, 0.2) is 5.13 Å². The standard InChI is InChI=1S/C17H23N3OS/c1-4-12-5-7-13(8-6-12)15-16(11(2)3)22-17(20-15)19-14(21)9-10-18/h5-8,11H,4,9-10,18H2,1-3H3,(H,19,20,21). The van der Waals surface area contributed by atoms with Crippen LogP contribution >= 0.6 is 11.3 Å². The van der Waals surface area contributed by atoms with E-state index in [1.165, 1.54) is 10.4 Å². The van der Waals surface area contributed by atoms with Crippen molar-refractivity contribution in [2.75, 3.05) is 11.9 Å². The minimum Gasteiger partial charge on any atom is -0.330 e. The number of amides is 1. The molecule has 1 heterocycles. The molecule has 0 saturated heterocycles. The first-order valence-corrected chi connectivity index (χ1v) is 8.46. The Bertz CT molecular complexity index is 632. The summed E-state index contributed by atoms with van der Waals surface area (Å²) in [7, 11) is 0. The topological polar surface area (TPSA) is 68.0 Å². The zero-order chi connectivity index (χ0) is 16.1. The van der Waals surface area contributed by atoms with Crippen LogP contribution in [-0.4, -0.2) is 17.4 Å². The van der Waals surface area contributed by atoms with Gasteiger partial charge in [-0.3, -0.25) is 4.79 Å². The average molecular weight is 317 g/mol. The molecular formula is C17H23N3OS. The van der Waals surface area contributed by atoms with Crippen molar-refractivity contribution >= 4 is 22.4 Å². The molecule has 2 rings (SSSR count). The van der Waals surface area contributed by atoms with E-state index in [0.717, 1.165) is 17.7 Å². The van der Waals surface area contributed by atoms with Crippen LogP contribution in [0.1, 0.15) is 43.6 Å². The summed E-state index contributed by atoms with van der Waals surface area (Å²) in [5.74, 6) is 0.276. The number of nitrogens with one attached hydrogen (secondary N) is 1. The van der Waals surface area contributed by atoms with Gasteiger partial charge in [0, 0.05) is 23.4 Å². The summed E-state index contributed by atoms with van der Waals surface area (Å²) in [5.41, 5.74) is 8.77. The van der Waals surface area contributed by atoms with Crippen LogP contribution in [0.5, 0.6) is 0 Å². The normalized spacial score (nSPS) is 11.0. The predicted molar refractivity (Wildman–Crippen MR) is 93.3 cm³/mol. The second-order valence-corrected chi connectivity index (χ2v) is 6.55. The van der Waals surface area contributed by atoms with Crippen molar-refractivity contribution in [1.29, 1.82) is 0 Å². The number of aryl methyl sites for hydroxylation is 1. The molecule has 118 valence electrons. The van der Waals surface area contributed by atoms with Crippen LogP contribution in [0.15, 0.2) is 24.3 Å². The van der Waals surface area contributed by atoms with E-state index in [1.807, 2.05) is 0 Å². The number of rotatable bonds is 6. The molecule has 0 atom stereocenters. The Kier molecular flexibility index (Phi) is 5.69. The molecule has 0 aliphatic rings. The van der Waals surface area contributed by atoms with Crippen LogP contribution in [-0.2, 0) is 11.2 Å². The first-order valence-electron chi connectivity index (χ1n) is 7.65. The number of carbonyl (C=O) groups excluding carboxylic acids is 1. The number of anilines is 1. The van der Waals surface area contributed by atoms with Gasteiger partial charge in [-0.25, -0.2) is 4.98 Å². The minimum absolute atomic E-state index is 0.0839. The van der Waals surface area contributed by atoms with Crippen molar-refractivity contribution in [1.82, 2.24) is 4.98 Å². The first kappa shape index (κ1) is 16.6. The number of nitrogens with two attached hydrogens (primary N) is 1. The SMILES string of the molecule is CCc1ccc(-c2nc(NC(=O)CCN)sc2C(C)C)cc1. The number of aromatic nitrogens is 1. The monoisotopic (exact) mass is 317 g/mol. The second kappa shape index (κ2) is 7.51. The molecule has 0 spiro atoms. The molecule has 1 aromatic carbocycles. The first-order chi connectivity index (χ1) is 10.5. The lowest BCUT2D eigenvalue weighted by Crippen LogP contribution is -2.15. The van der Waals surface area contributed by atoms with E-state index in [0.29, 0.717) is 24.0 Å². The highest BCUT2D eigenvalue weighted by Gasteiger charge is 2.17. The lowest BCUT2D eigenvalue weighted by atomic mass is 10.0. The molecule has 3 N–H and O–H groups in total. The van der Waals surface area contributed by atoms with Crippen LogP contribution in [0.4, 0.5) is 5.13 Å². The predicted octanol–water partition coefficient (Wildman–Crippen LogP) is 3.78. The molecular weight excluding hydrogens is 294 g/mol. The Labute approximate surface area is 135 Å². The number of nitrogens with zero attached hydrogens (tertiary/aromatic N) is 1. The maximum absolute atomic E-state index is 11.7. The summed E-state index contributed by atoms with van der Waals surface area (Å²) in [6, 6.07) is 8.47. The van der Waals surface area contributed by atoms with Crippen LogP contribution in [0, 0.1) is 0 Å². The maximum Gasteiger partial charge on any atom is 0.227 e. The van der Waals surface area contributed by atoms with E-state index >= 15 is 0 Å². The number of benzene rings is 1. The van der Waals surface area contributed by atoms with Crippen molar-refractivity contribution in [2.24, 2.45) is 5.73 Å². The minimum atomic E-state index is -0.0839. The van der Waals surface area contributed by atoms with Gasteiger partial charge in [-0.2, -0.15) is 0 Å². The highest BCUT2D eigenvalue weighted by Crippen LogP contribution is 2.36. The Morgan fingerprint density at radius 3 is 2.55 bits per heavy atom. The zero-order valence-corrected chi connectivity index (χ0v) is 14.2. The lowest BCUT2D eigenvalue weighted by molar-refractivity contribution is -0.116. The van der Waals surface area contributed by atoms with Crippen LogP contribution < -0.4 is 11.1 Å². The lowest BCUT2D eigenvalue weighted by Gasteiger charge is -2.05. The van der Waals surface area contributed by atoms with Gasteiger partial charge >= 0.3 is 0 Å². The molecule has 2 aromatic rings. The molecule has 0 bridgehead atoms. The summed E-state index contributed by atoms with van der Waals surface area (Å²) in [6.45, 7) is 6.77. The molecule has 1 aromatic heterocycles. The fourth-order valence-corrected chi connectivity index (χ4v) is 3.20. The molecule has 4 nitrogen and oxygen atoms in total. The quantitative estimate of drug-likeness (QED) is 0.852. The second-order valence-electron chi connectivity index (χ2n) is 5.52. The summed E-state index contributed by atoms with van der Waals surface area (Å²) in [5, 5.41) is 3.49.